The number of methoxy groups -OCH3 is 1. The van der Waals surface area contributed by atoms with Crippen LogP contribution in [-0.2, 0) is 18.7 Å². The quantitative estimate of drug-likeness (QED) is 0.530. The Balaban J connectivity index is 3.17. The summed E-state index contributed by atoms with van der Waals surface area (Å²) in [6.07, 6.45) is 0.187. The second-order valence-electron chi connectivity index (χ2n) is 9.67. The zero-order valence-electron chi connectivity index (χ0n) is 18.2. The summed E-state index contributed by atoms with van der Waals surface area (Å²) in [5.41, 5.74) is -1.67. The van der Waals surface area contributed by atoms with Crippen LogP contribution in [0.2, 0.25) is 18.1 Å². The van der Waals surface area contributed by atoms with Crippen LogP contribution in [0, 0.1) is 0 Å². The van der Waals surface area contributed by atoms with Crippen molar-refractivity contribution in [1.29, 1.82) is 0 Å². The lowest BCUT2D eigenvalue weighted by Gasteiger charge is -2.38. The van der Waals surface area contributed by atoms with E-state index in [2.05, 4.69) is 33.9 Å². The summed E-state index contributed by atoms with van der Waals surface area (Å²) in [5, 5.41) is 0.0481. The lowest BCUT2D eigenvalue weighted by Crippen LogP contribution is -2.54. The molecule has 0 bridgehead atoms. The van der Waals surface area contributed by atoms with E-state index in [1.165, 1.54) is 12.0 Å². The monoisotopic (exact) mass is 387 g/mol. The minimum atomic E-state index is -2.03. The molecular formula is C19H37NO5Si. The molecule has 1 rings (SSSR count). The predicted octanol–water partition coefficient (Wildman–Crippen LogP) is 4.34. The number of carbonyl (C=O) groups excluding carboxylic acids is 2. The molecule has 0 radical (unpaired) electrons. The van der Waals surface area contributed by atoms with Crippen LogP contribution in [0.4, 0.5) is 4.79 Å². The maximum absolute atomic E-state index is 12.8. The average molecular weight is 388 g/mol. The third kappa shape index (κ3) is 4.79. The van der Waals surface area contributed by atoms with Gasteiger partial charge in [0, 0.05) is 6.42 Å². The van der Waals surface area contributed by atoms with Crippen LogP contribution in [0.3, 0.4) is 0 Å². The highest BCUT2D eigenvalue weighted by Crippen LogP contribution is 2.42. The molecule has 0 aromatic heterocycles. The molecule has 7 heteroatoms. The third-order valence-electron chi connectivity index (χ3n) is 5.50. The first-order chi connectivity index (χ1) is 11.6. The van der Waals surface area contributed by atoms with Gasteiger partial charge in [0.2, 0.25) is 0 Å². The van der Waals surface area contributed by atoms with Crippen molar-refractivity contribution in [2.45, 2.75) is 96.7 Å². The summed E-state index contributed by atoms with van der Waals surface area (Å²) in [6.45, 7) is 18.5. The van der Waals surface area contributed by atoms with Crippen molar-refractivity contribution in [3.63, 3.8) is 0 Å². The standard InChI is InChI=1S/C19H37NO5Si/c1-11-19(15(21)23-8)12-14(25-26(9,10)18(5,6)7)13-20(19)16(22)24-17(2,3)4/h14H,11-13H2,1-10H3/t14-,19+/m1/s1. The maximum Gasteiger partial charge on any atom is 0.411 e. The Morgan fingerprint density at radius 2 is 1.69 bits per heavy atom. The molecule has 1 fully saturated rings. The third-order valence-corrected chi connectivity index (χ3v) is 10.0. The van der Waals surface area contributed by atoms with Crippen LogP contribution in [0.1, 0.15) is 61.3 Å². The van der Waals surface area contributed by atoms with E-state index in [1.807, 2.05) is 27.7 Å². The highest BCUT2D eigenvalue weighted by atomic mass is 28.4. The predicted molar refractivity (Wildman–Crippen MR) is 105 cm³/mol. The Labute approximate surface area is 159 Å². The summed E-state index contributed by atoms with van der Waals surface area (Å²) >= 11 is 0. The zero-order chi connectivity index (χ0) is 20.6. The zero-order valence-corrected chi connectivity index (χ0v) is 19.2. The molecule has 0 aliphatic carbocycles. The summed E-state index contributed by atoms with van der Waals surface area (Å²) < 4.78 is 17.1. The van der Waals surface area contributed by atoms with Crippen molar-refractivity contribution in [2.75, 3.05) is 13.7 Å². The van der Waals surface area contributed by atoms with Gasteiger partial charge in [-0.3, -0.25) is 4.90 Å². The highest BCUT2D eigenvalue weighted by Gasteiger charge is 2.56. The number of carbonyl (C=O) groups is 2. The number of hydrogen-bond acceptors (Lipinski definition) is 5. The molecule has 1 amide bonds. The van der Waals surface area contributed by atoms with Crippen molar-refractivity contribution in [1.82, 2.24) is 4.90 Å². The van der Waals surface area contributed by atoms with Crippen molar-refractivity contribution in [2.24, 2.45) is 0 Å². The SMILES string of the molecule is CC[C@@]1(C(=O)OC)C[C@@H](O[Si](C)(C)C(C)(C)C)CN1C(=O)OC(C)(C)C. The fraction of sp³-hybridized carbons (Fsp3) is 0.895. The first-order valence-corrected chi connectivity index (χ1v) is 12.3. The molecule has 1 heterocycles. The number of likely N-dealkylation sites (tertiary alicyclic amines) is 1. The first kappa shape index (κ1) is 23.0. The van der Waals surface area contributed by atoms with E-state index in [1.54, 1.807) is 0 Å². The van der Waals surface area contributed by atoms with Gasteiger partial charge in [0.1, 0.15) is 11.1 Å². The fourth-order valence-electron chi connectivity index (χ4n) is 3.03. The number of amides is 1. The van der Waals surface area contributed by atoms with Crippen molar-refractivity contribution in [3.8, 4) is 0 Å². The van der Waals surface area contributed by atoms with E-state index >= 15 is 0 Å². The van der Waals surface area contributed by atoms with Gasteiger partial charge in [0.05, 0.1) is 19.8 Å². The van der Waals surface area contributed by atoms with Gasteiger partial charge in [-0.1, -0.05) is 27.7 Å². The van der Waals surface area contributed by atoms with Crippen LogP contribution in [0.25, 0.3) is 0 Å². The van der Waals surface area contributed by atoms with Gasteiger partial charge < -0.3 is 13.9 Å². The van der Waals surface area contributed by atoms with Gasteiger partial charge >= 0.3 is 12.1 Å². The largest absolute Gasteiger partial charge is 0.467 e. The van der Waals surface area contributed by atoms with Crippen LogP contribution in [-0.4, -0.2) is 56.2 Å². The van der Waals surface area contributed by atoms with Gasteiger partial charge in [-0.25, -0.2) is 9.59 Å². The second kappa shape index (κ2) is 7.50. The lowest BCUT2D eigenvalue weighted by molar-refractivity contribution is -0.153. The molecular weight excluding hydrogens is 350 g/mol. The normalized spacial score (nSPS) is 24.5. The Morgan fingerprint density at radius 1 is 1.15 bits per heavy atom. The molecule has 1 aliphatic rings. The summed E-state index contributed by atoms with van der Waals surface area (Å²) in [6, 6.07) is 0. The number of hydrogen-bond donors (Lipinski definition) is 0. The first-order valence-electron chi connectivity index (χ1n) is 9.36. The highest BCUT2D eigenvalue weighted by molar-refractivity contribution is 6.74. The van der Waals surface area contributed by atoms with E-state index in [-0.39, 0.29) is 11.1 Å². The van der Waals surface area contributed by atoms with E-state index in [9.17, 15) is 9.59 Å². The van der Waals surface area contributed by atoms with E-state index in [0.29, 0.717) is 19.4 Å². The van der Waals surface area contributed by atoms with Gasteiger partial charge in [0.25, 0.3) is 0 Å². The lowest BCUT2D eigenvalue weighted by atomic mass is 9.92. The Hall–Kier alpha value is -1.08. The van der Waals surface area contributed by atoms with E-state index < -0.39 is 31.5 Å². The van der Waals surface area contributed by atoms with E-state index in [0.717, 1.165) is 0 Å². The number of rotatable bonds is 4. The summed E-state index contributed by atoms with van der Waals surface area (Å²) in [4.78, 5) is 27.0. The number of nitrogens with zero attached hydrogens (tertiary/aromatic N) is 1. The topological polar surface area (TPSA) is 65.1 Å². The smallest absolute Gasteiger partial charge is 0.411 e. The van der Waals surface area contributed by atoms with Crippen molar-refractivity contribution >= 4 is 20.4 Å². The average Bonchev–Trinajstić information content (AvgIpc) is 2.82. The van der Waals surface area contributed by atoms with Crippen LogP contribution in [0.15, 0.2) is 0 Å². The molecule has 1 aliphatic heterocycles. The van der Waals surface area contributed by atoms with Crippen molar-refractivity contribution in [3.05, 3.63) is 0 Å². The van der Waals surface area contributed by atoms with Gasteiger partial charge in [-0.2, -0.15) is 0 Å². The van der Waals surface area contributed by atoms with Gasteiger partial charge in [-0.05, 0) is 45.3 Å². The van der Waals surface area contributed by atoms with Gasteiger partial charge in [-0.15, -0.1) is 0 Å². The van der Waals surface area contributed by atoms with E-state index in [4.69, 9.17) is 13.9 Å². The molecule has 0 aromatic rings. The molecule has 1 saturated heterocycles. The summed E-state index contributed by atoms with van der Waals surface area (Å²) in [7, 11) is -0.676. The second-order valence-corrected chi connectivity index (χ2v) is 14.4. The molecule has 0 N–H and O–H groups in total. The maximum atomic E-state index is 12.8. The fourth-order valence-corrected chi connectivity index (χ4v) is 4.38. The van der Waals surface area contributed by atoms with Gasteiger partial charge in [0.15, 0.2) is 8.32 Å². The minimum absolute atomic E-state index is 0.0481. The molecule has 152 valence electrons. The number of esters is 1. The Bertz CT molecular complexity index is 535. The molecule has 0 spiro atoms. The molecule has 26 heavy (non-hydrogen) atoms. The molecule has 0 unspecified atom stereocenters. The van der Waals surface area contributed by atoms with Crippen LogP contribution in [0.5, 0.6) is 0 Å². The van der Waals surface area contributed by atoms with Crippen LogP contribution >= 0.6 is 0 Å². The Kier molecular flexibility index (Phi) is 6.62. The summed E-state index contributed by atoms with van der Waals surface area (Å²) in [5.74, 6) is -0.410. The number of ether oxygens (including phenoxy) is 2. The van der Waals surface area contributed by atoms with Crippen LogP contribution < -0.4 is 0 Å². The molecule has 6 nitrogen and oxygen atoms in total. The Morgan fingerprint density at radius 3 is 2.08 bits per heavy atom. The minimum Gasteiger partial charge on any atom is -0.467 e. The molecule has 0 aromatic carbocycles. The molecule has 0 saturated carbocycles. The molecule has 2 atom stereocenters. The van der Waals surface area contributed by atoms with Crippen molar-refractivity contribution < 1.29 is 23.5 Å².